The van der Waals surface area contributed by atoms with E-state index >= 15 is 0 Å². The zero-order valence-electron chi connectivity index (χ0n) is 9.91. The molecule has 0 aliphatic rings. The largest absolute Gasteiger partial charge is 0.465 e. The van der Waals surface area contributed by atoms with Gasteiger partial charge in [-0.2, -0.15) is 0 Å². The van der Waals surface area contributed by atoms with Crippen molar-refractivity contribution in [2.24, 2.45) is 0 Å². The Hall–Kier alpha value is -0.780. The number of aryl methyl sites for hydroxylation is 1. The van der Waals surface area contributed by atoms with Crippen molar-refractivity contribution in [2.75, 3.05) is 4.90 Å². The van der Waals surface area contributed by atoms with E-state index in [1.54, 1.807) is 0 Å². The number of anilines is 1. The highest BCUT2D eigenvalue weighted by Gasteiger charge is 2.27. The molecule has 4 heteroatoms. The van der Waals surface area contributed by atoms with Gasteiger partial charge in [0, 0.05) is 14.8 Å². The molecule has 0 saturated carbocycles. The monoisotopic (exact) mass is 333 g/mol. The molecule has 1 amide bonds. The lowest BCUT2D eigenvalue weighted by atomic mass is 10.0. The second kappa shape index (κ2) is 4.61. The van der Waals surface area contributed by atoms with Gasteiger partial charge in [-0.05, 0) is 74.0 Å². The lowest BCUT2D eigenvalue weighted by molar-refractivity contribution is 0.195. The second-order valence-electron chi connectivity index (χ2n) is 4.72. The fourth-order valence-electron chi connectivity index (χ4n) is 1.55. The second-order valence-corrected chi connectivity index (χ2v) is 5.88. The topological polar surface area (TPSA) is 40.5 Å². The third kappa shape index (κ3) is 2.87. The van der Waals surface area contributed by atoms with E-state index in [1.165, 1.54) is 4.90 Å². The first-order valence-corrected chi connectivity index (χ1v) is 6.10. The molecule has 0 saturated heterocycles. The molecule has 0 bridgehead atoms. The van der Waals surface area contributed by atoms with Crippen LogP contribution in [0.2, 0.25) is 0 Å². The number of nitrogens with zero attached hydrogens (tertiary/aromatic N) is 1. The van der Waals surface area contributed by atoms with Gasteiger partial charge in [-0.15, -0.1) is 0 Å². The van der Waals surface area contributed by atoms with Gasteiger partial charge < -0.3 is 5.11 Å². The first kappa shape index (κ1) is 13.3. The van der Waals surface area contributed by atoms with Crippen molar-refractivity contribution >= 4 is 34.4 Å². The normalized spacial score (nSPS) is 11.3. The van der Waals surface area contributed by atoms with Gasteiger partial charge >= 0.3 is 6.09 Å². The van der Waals surface area contributed by atoms with Crippen molar-refractivity contribution in [1.29, 1.82) is 0 Å². The molecule has 0 atom stereocenters. The van der Waals surface area contributed by atoms with Crippen LogP contribution in [0.4, 0.5) is 10.5 Å². The molecule has 0 unspecified atom stereocenters. The molecular weight excluding hydrogens is 317 g/mol. The van der Waals surface area contributed by atoms with Crippen LogP contribution in [0.25, 0.3) is 0 Å². The summed E-state index contributed by atoms with van der Waals surface area (Å²) in [5.41, 5.74) is 1.37. The van der Waals surface area contributed by atoms with Gasteiger partial charge in [-0.25, -0.2) is 4.79 Å². The fraction of sp³-hybridized carbons (Fsp3) is 0.417. The van der Waals surface area contributed by atoms with Crippen molar-refractivity contribution in [1.82, 2.24) is 0 Å². The molecule has 3 nitrogen and oxygen atoms in total. The predicted octanol–water partition coefficient (Wildman–Crippen LogP) is 3.88. The minimum Gasteiger partial charge on any atom is -0.465 e. The zero-order chi connectivity index (χ0) is 12.5. The summed E-state index contributed by atoms with van der Waals surface area (Å²) in [5, 5.41) is 9.25. The summed E-state index contributed by atoms with van der Waals surface area (Å²) < 4.78 is 1.14. The number of carbonyl (C=O) groups is 1. The van der Waals surface area contributed by atoms with Crippen LogP contribution in [-0.2, 0) is 0 Å². The van der Waals surface area contributed by atoms with Gasteiger partial charge in [0.05, 0.1) is 0 Å². The molecule has 88 valence electrons. The van der Waals surface area contributed by atoms with Gasteiger partial charge in [0.2, 0.25) is 0 Å². The molecule has 0 spiro atoms. The van der Waals surface area contributed by atoms with Gasteiger partial charge in [0.25, 0.3) is 0 Å². The highest BCUT2D eigenvalue weighted by atomic mass is 127. The number of carboxylic acid groups (broad SMARTS) is 1. The molecule has 0 aromatic heterocycles. The van der Waals surface area contributed by atoms with E-state index in [2.05, 4.69) is 22.6 Å². The molecule has 0 heterocycles. The Balaban J connectivity index is 3.22. The highest BCUT2D eigenvalue weighted by Crippen LogP contribution is 2.26. The van der Waals surface area contributed by atoms with Crippen LogP contribution in [0.3, 0.4) is 0 Å². The van der Waals surface area contributed by atoms with Crippen molar-refractivity contribution in [3.05, 3.63) is 27.3 Å². The first-order valence-electron chi connectivity index (χ1n) is 5.03. The summed E-state index contributed by atoms with van der Waals surface area (Å²) in [6.45, 7) is 7.63. The van der Waals surface area contributed by atoms with Crippen LogP contribution in [0, 0.1) is 10.5 Å². The number of halogens is 1. The van der Waals surface area contributed by atoms with E-state index in [4.69, 9.17) is 0 Å². The first-order chi connectivity index (χ1) is 7.23. The smallest absolute Gasteiger partial charge is 0.412 e. The Labute approximate surface area is 110 Å². The Morgan fingerprint density at radius 2 is 1.94 bits per heavy atom. The van der Waals surface area contributed by atoms with E-state index in [-0.39, 0.29) is 0 Å². The highest BCUT2D eigenvalue weighted by molar-refractivity contribution is 14.1. The van der Waals surface area contributed by atoms with Crippen molar-refractivity contribution in [3.63, 3.8) is 0 Å². The molecule has 0 aliphatic carbocycles. The molecule has 1 rings (SSSR count). The molecule has 0 radical (unpaired) electrons. The number of hydrogen-bond donors (Lipinski definition) is 1. The summed E-state index contributed by atoms with van der Waals surface area (Å²) in [7, 11) is 0. The molecule has 1 N–H and O–H groups in total. The van der Waals surface area contributed by atoms with E-state index < -0.39 is 11.6 Å². The van der Waals surface area contributed by atoms with Gasteiger partial charge in [-0.3, -0.25) is 4.90 Å². The standard InChI is InChI=1S/C12H16INO2/c1-8-7-9(5-6-10(8)13)14(11(15)16)12(2,3)4/h5-7H,1-4H3,(H,15,16). The molecular formula is C12H16INO2. The zero-order valence-corrected chi connectivity index (χ0v) is 12.1. The molecule has 0 fully saturated rings. The average molecular weight is 333 g/mol. The number of amides is 1. The Kier molecular flexibility index (Phi) is 3.83. The van der Waals surface area contributed by atoms with Crippen molar-refractivity contribution < 1.29 is 9.90 Å². The molecule has 1 aromatic carbocycles. The summed E-state index contributed by atoms with van der Waals surface area (Å²) >= 11 is 2.24. The minimum atomic E-state index is -0.923. The Morgan fingerprint density at radius 3 is 2.31 bits per heavy atom. The minimum absolute atomic E-state index is 0.439. The van der Waals surface area contributed by atoms with Crippen LogP contribution >= 0.6 is 22.6 Å². The van der Waals surface area contributed by atoms with Crippen LogP contribution in [0.5, 0.6) is 0 Å². The van der Waals surface area contributed by atoms with Crippen LogP contribution < -0.4 is 4.90 Å². The molecule has 1 aromatic rings. The third-order valence-corrected chi connectivity index (χ3v) is 3.47. The summed E-state index contributed by atoms with van der Waals surface area (Å²) in [4.78, 5) is 12.7. The number of hydrogen-bond acceptors (Lipinski definition) is 1. The Morgan fingerprint density at radius 1 is 1.38 bits per heavy atom. The molecule has 0 aliphatic heterocycles. The van der Waals surface area contributed by atoms with E-state index in [0.29, 0.717) is 0 Å². The van der Waals surface area contributed by atoms with Crippen LogP contribution in [-0.4, -0.2) is 16.7 Å². The maximum atomic E-state index is 11.3. The SMILES string of the molecule is Cc1cc(N(C(=O)O)C(C)(C)C)ccc1I. The molecule has 16 heavy (non-hydrogen) atoms. The van der Waals surface area contributed by atoms with Crippen LogP contribution in [0.15, 0.2) is 18.2 Å². The van der Waals surface area contributed by atoms with Gasteiger partial charge in [0.15, 0.2) is 0 Å². The summed E-state index contributed by atoms with van der Waals surface area (Å²) in [6, 6.07) is 5.68. The van der Waals surface area contributed by atoms with E-state index in [9.17, 15) is 9.90 Å². The van der Waals surface area contributed by atoms with Crippen molar-refractivity contribution in [2.45, 2.75) is 33.2 Å². The van der Waals surface area contributed by atoms with E-state index in [1.807, 2.05) is 45.9 Å². The van der Waals surface area contributed by atoms with Crippen LogP contribution in [0.1, 0.15) is 26.3 Å². The van der Waals surface area contributed by atoms with Gasteiger partial charge in [-0.1, -0.05) is 0 Å². The quantitative estimate of drug-likeness (QED) is 0.793. The summed E-state index contributed by atoms with van der Waals surface area (Å²) in [6.07, 6.45) is -0.923. The average Bonchev–Trinajstić information content (AvgIpc) is 2.08. The van der Waals surface area contributed by atoms with Gasteiger partial charge in [0.1, 0.15) is 0 Å². The Bertz CT molecular complexity index is 410. The third-order valence-electron chi connectivity index (χ3n) is 2.26. The lowest BCUT2D eigenvalue weighted by Crippen LogP contribution is -2.45. The van der Waals surface area contributed by atoms with Crippen molar-refractivity contribution in [3.8, 4) is 0 Å². The summed E-state index contributed by atoms with van der Waals surface area (Å²) in [5.74, 6) is 0. The number of benzene rings is 1. The predicted molar refractivity (Wildman–Crippen MR) is 74.2 cm³/mol. The lowest BCUT2D eigenvalue weighted by Gasteiger charge is -2.33. The maximum absolute atomic E-state index is 11.3. The fourth-order valence-corrected chi connectivity index (χ4v) is 1.89. The number of rotatable bonds is 1. The maximum Gasteiger partial charge on any atom is 0.412 e. The van der Waals surface area contributed by atoms with E-state index in [0.717, 1.165) is 14.8 Å².